The average Bonchev–Trinajstić information content (AvgIpc) is 2.45. The van der Waals surface area contributed by atoms with Gasteiger partial charge in [-0.3, -0.25) is 9.78 Å². The first-order chi connectivity index (χ1) is 9.88. The van der Waals surface area contributed by atoms with Crippen molar-refractivity contribution in [3.8, 4) is 0 Å². The molecule has 1 amide bonds. The molecule has 21 heavy (non-hydrogen) atoms. The van der Waals surface area contributed by atoms with Crippen LogP contribution in [0.5, 0.6) is 0 Å². The van der Waals surface area contributed by atoms with E-state index in [0.717, 1.165) is 0 Å². The first-order valence-corrected chi connectivity index (χ1v) is 8.61. The second kappa shape index (κ2) is 8.06. The smallest absolute Gasteiger partial charge is 0.251 e. The van der Waals surface area contributed by atoms with Crippen LogP contribution in [0.1, 0.15) is 29.4 Å². The Balaban J connectivity index is 2.43. The number of amides is 1. The minimum atomic E-state index is -3.18. The molecule has 0 unspecified atom stereocenters. The number of nitrogens with two attached hydrogens (primary N) is 1. The third-order valence-corrected chi connectivity index (χ3v) is 4.36. The number of rotatable bonds is 8. The molecule has 1 heterocycles. The maximum Gasteiger partial charge on any atom is 0.251 e. The van der Waals surface area contributed by atoms with Crippen LogP contribution in [0.2, 0.25) is 0 Å². The van der Waals surface area contributed by atoms with Crippen LogP contribution in [0.3, 0.4) is 0 Å². The van der Waals surface area contributed by atoms with E-state index in [0.29, 0.717) is 37.3 Å². The number of sulfonamides is 1. The predicted octanol–water partition coefficient (Wildman–Crippen LogP) is -0.0583. The van der Waals surface area contributed by atoms with Crippen molar-refractivity contribution >= 4 is 15.9 Å². The summed E-state index contributed by atoms with van der Waals surface area (Å²) in [5.41, 5.74) is 6.62. The Morgan fingerprint density at radius 1 is 1.48 bits per heavy atom. The lowest BCUT2D eigenvalue weighted by molar-refractivity contribution is 0.0952. The minimum Gasteiger partial charge on any atom is -0.352 e. The van der Waals surface area contributed by atoms with Crippen molar-refractivity contribution < 1.29 is 13.2 Å². The Labute approximate surface area is 125 Å². The molecule has 0 spiro atoms. The van der Waals surface area contributed by atoms with Crippen LogP contribution < -0.4 is 11.1 Å². The number of nitrogens with one attached hydrogen (secondary N) is 1. The summed E-state index contributed by atoms with van der Waals surface area (Å²) >= 11 is 0. The molecule has 1 rings (SSSR count). The number of pyridine rings is 1. The summed E-state index contributed by atoms with van der Waals surface area (Å²) in [6.07, 6.45) is 3.28. The van der Waals surface area contributed by atoms with Gasteiger partial charge in [-0.15, -0.1) is 0 Å². The zero-order valence-electron chi connectivity index (χ0n) is 12.4. The summed E-state index contributed by atoms with van der Waals surface area (Å²) in [4.78, 5) is 15.9. The van der Waals surface area contributed by atoms with Crippen molar-refractivity contribution in [1.82, 2.24) is 14.6 Å². The molecule has 0 saturated carbocycles. The van der Waals surface area contributed by atoms with Gasteiger partial charge in [-0.2, -0.15) is 0 Å². The zero-order chi connectivity index (χ0) is 15.9. The molecule has 1 aromatic heterocycles. The van der Waals surface area contributed by atoms with Gasteiger partial charge in [0, 0.05) is 37.9 Å². The number of carbonyl (C=O) groups excluding carboxylic acids is 1. The van der Waals surface area contributed by atoms with Crippen molar-refractivity contribution in [2.45, 2.75) is 19.9 Å². The molecular weight excluding hydrogens is 292 g/mol. The molecule has 1 aromatic rings. The second-order valence-electron chi connectivity index (χ2n) is 4.60. The molecular formula is C13H22N4O3S. The van der Waals surface area contributed by atoms with Gasteiger partial charge in [0.15, 0.2) is 0 Å². The lowest BCUT2D eigenvalue weighted by Gasteiger charge is -2.17. The number of aromatic nitrogens is 1. The molecule has 0 aliphatic heterocycles. The van der Waals surface area contributed by atoms with Crippen LogP contribution in [0.25, 0.3) is 0 Å². The highest BCUT2D eigenvalue weighted by Crippen LogP contribution is 2.02. The summed E-state index contributed by atoms with van der Waals surface area (Å²) in [5, 5.41) is 2.75. The van der Waals surface area contributed by atoms with E-state index in [9.17, 15) is 13.2 Å². The molecule has 7 nitrogen and oxygen atoms in total. The molecule has 0 aliphatic carbocycles. The molecule has 118 valence electrons. The maximum atomic E-state index is 11.9. The van der Waals surface area contributed by atoms with E-state index >= 15 is 0 Å². The van der Waals surface area contributed by atoms with Gasteiger partial charge in [-0.1, -0.05) is 6.92 Å². The van der Waals surface area contributed by atoms with E-state index in [2.05, 4.69) is 10.3 Å². The fourth-order valence-corrected chi connectivity index (χ4v) is 2.78. The highest BCUT2D eigenvalue weighted by molar-refractivity contribution is 7.88. The van der Waals surface area contributed by atoms with Crippen LogP contribution in [-0.4, -0.2) is 49.5 Å². The topological polar surface area (TPSA) is 105 Å². The lowest BCUT2D eigenvalue weighted by atomic mass is 10.2. The Morgan fingerprint density at radius 3 is 2.76 bits per heavy atom. The normalized spacial score (nSPS) is 11.6. The molecule has 0 aromatic carbocycles. The third kappa shape index (κ3) is 5.78. The molecule has 3 N–H and O–H groups in total. The van der Waals surface area contributed by atoms with Crippen molar-refractivity contribution in [1.29, 1.82) is 0 Å². The van der Waals surface area contributed by atoms with Gasteiger partial charge in [0.2, 0.25) is 10.0 Å². The molecule has 0 atom stereocenters. The van der Waals surface area contributed by atoms with Crippen LogP contribution >= 0.6 is 0 Å². The van der Waals surface area contributed by atoms with E-state index < -0.39 is 10.0 Å². The van der Waals surface area contributed by atoms with Crippen LogP contribution in [0.4, 0.5) is 0 Å². The van der Waals surface area contributed by atoms with Gasteiger partial charge < -0.3 is 11.1 Å². The number of hydrogen-bond donors (Lipinski definition) is 2. The molecule has 0 saturated heterocycles. The summed E-state index contributed by atoms with van der Waals surface area (Å²) in [5.74, 6) is -0.213. The zero-order valence-corrected chi connectivity index (χ0v) is 13.2. The van der Waals surface area contributed by atoms with Gasteiger partial charge in [-0.25, -0.2) is 12.7 Å². The van der Waals surface area contributed by atoms with Crippen LogP contribution in [-0.2, 0) is 16.6 Å². The first-order valence-electron chi connectivity index (χ1n) is 6.76. The molecule has 8 heteroatoms. The van der Waals surface area contributed by atoms with Gasteiger partial charge in [0.05, 0.1) is 11.9 Å². The minimum absolute atomic E-state index is 0.213. The number of carbonyl (C=O) groups is 1. The van der Waals surface area contributed by atoms with E-state index in [4.69, 9.17) is 5.73 Å². The average molecular weight is 314 g/mol. The van der Waals surface area contributed by atoms with Gasteiger partial charge in [0.1, 0.15) is 0 Å². The number of hydrogen-bond acceptors (Lipinski definition) is 5. The molecule has 0 bridgehead atoms. The third-order valence-electron chi connectivity index (χ3n) is 2.98. The van der Waals surface area contributed by atoms with E-state index in [-0.39, 0.29) is 12.5 Å². The van der Waals surface area contributed by atoms with E-state index in [1.165, 1.54) is 10.6 Å². The summed E-state index contributed by atoms with van der Waals surface area (Å²) < 4.78 is 24.2. The van der Waals surface area contributed by atoms with Gasteiger partial charge >= 0.3 is 0 Å². The fraction of sp³-hybridized carbons (Fsp3) is 0.538. The first kappa shape index (κ1) is 17.5. The molecule has 0 fully saturated rings. The van der Waals surface area contributed by atoms with Gasteiger partial charge in [-0.05, 0) is 18.6 Å². The standard InChI is InChI=1S/C13H22N4O3S/c1-3-17(21(2,19)20)8-4-6-16-13(18)11-5-7-15-12(9-11)10-14/h5,7,9H,3-4,6,8,10,14H2,1-2H3,(H,16,18). The van der Waals surface area contributed by atoms with Crippen molar-refractivity contribution in [3.63, 3.8) is 0 Å². The molecule has 0 radical (unpaired) electrons. The summed E-state index contributed by atoms with van der Waals surface area (Å²) in [6, 6.07) is 3.26. The van der Waals surface area contributed by atoms with Gasteiger partial charge in [0.25, 0.3) is 5.91 Å². The highest BCUT2D eigenvalue weighted by atomic mass is 32.2. The number of nitrogens with zero attached hydrogens (tertiary/aromatic N) is 2. The van der Waals surface area contributed by atoms with E-state index in [1.807, 2.05) is 0 Å². The van der Waals surface area contributed by atoms with Crippen LogP contribution in [0, 0.1) is 0 Å². The highest BCUT2D eigenvalue weighted by Gasteiger charge is 2.13. The monoisotopic (exact) mass is 314 g/mol. The second-order valence-corrected chi connectivity index (χ2v) is 6.59. The lowest BCUT2D eigenvalue weighted by Crippen LogP contribution is -2.33. The quantitative estimate of drug-likeness (QED) is 0.654. The predicted molar refractivity (Wildman–Crippen MR) is 81.2 cm³/mol. The van der Waals surface area contributed by atoms with Crippen LogP contribution in [0.15, 0.2) is 18.3 Å². The van der Waals surface area contributed by atoms with Crippen molar-refractivity contribution in [2.24, 2.45) is 5.73 Å². The van der Waals surface area contributed by atoms with Crippen molar-refractivity contribution in [2.75, 3.05) is 25.9 Å². The fourth-order valence-electron chi connectivity index (χ4n) is 1.85. The Bertz CT molecular complexity index is 575. The Kier molecular flexibility index (Phi) is 6.73. The SMILES string of the molecule is CCN(CCCNC(=O)c1ccnc(CN)c1)S(C)(=O)=O. The summed E-state index contributed by atoms with van der Waals surface area (Å²) in [7, 11) is -3.18. The van der Waals surface area contributed by atoms with Crippen molar-refractivity contribution in [3.05, 3.63) is 29.6 Å². The maximum absolute atomic E-state index is 11.9. The van der Waals surface area contributed by atoms with E-state index in [1.54, 1.807) is 25.3 Å². The Morgan fingerprint density at radius 2 is 2.19 bits per heavy atom. The molecule has 0 aliphatic rings. The summed E-state index contributed by atoms with van der Waals surface area (Å²) in [6.45, 7) is 3.29. The Hall–Kier alpha value is -1.51. The largest absolute Gasteiger partial charge is 0.352 e.